The van der Waals surface area contributed by atoms with Crippen molar-refractivity contribution in [3.63, 3.8) is 0 Å². The van der Waals surface area contributed by atoms with Crippen molar-refractivity contribution >= 4 is 11.7 Å². The van der Waals surface area contributed by atoms with Gasteiger partial charge in [-0.25, -0.2) is 9.18 Å². The zero-order valence-electron chi connectivity index (χ0n) is 28.4. The van der Waals surface area contributed by atoms with E-state index in [1.54, 1.807) is 36.3 Å². The van der Waals surface area contributed by atoms with Crippen molar-refractivity contribution in [3.8, 4) is 0 Å². The second-order valence-corrected chi connectivity index (χ2v) is 9.69. The van der Waals surface area contributed by atoms with Gasteiger partial charge in [-0.2, -0.15) is 0 Å². The number of allylic oxidation sites excluding steroid dienone is 9. The number of hydrogen-bond donors (Lipinski definition) is 3. The molecule has 0 heterocycles. The van der Waals surface area contributed by atoms with Crippen LogP contribution in [0.25, 0.3) is 0 Å². The number of benzene rings is 1. The summed E-state index contributed by atoms with van der Waals surface area (Å²) >= 11 is 0. The van der Waals surface area contributed by atoms with Crippen LogP contribution in [0.2, 0.25) is 0 Å². The van der Waals surface area contributed by atoms with Gasteiger partial charge < -0.3 is 20.2 Å². The van der Waals surface area contributed by atoms with Gasteiger partial charge in [-0.3, -0.25) is 4.90 Å². The van der Waals surface area contributed by atoms with E-state index in [2.05, 4.69) is 19.2 Å². The highest BCUT2D eigenvalue weighted by Crippen LogP contribution is 2.23. The molecule has 2 atom stereocenters. The van der Waals surface area contributed by atoms with Crippen molar-refractivity contribution in [1.29, 1.82) is 0 Å². The number of halogens is 1. The maximum absolute atomic E-state index is 13.4. The zero-order chi connectivity index (χ0) is 34.3. The van der Waals surface area contributed by atoms with E-state index in [4.69, 9.17) is 5.11 Å². The highest BCUT2D eigenvalue weighted by atomic mass is 19.1. The van der Waals surface area contributed by atoms with Gasteiger partial charge >= 0.3 is 6.03 Å². The van der Waals surface area contributed by atoms with Crippen molar-refractivity contribution in [2.24, 2.45) is 0 Å². The maximum atomic E-state index is 13.4. The molecule has 0 bridgehead atoms. The molecule has 248 valence electrons. The number of unbranched alkanes of at least 4 members (excludes halogenated alkanes) is 1. The number of amides is 2. The van der Waals surface area contributed by atoms with E-state index in [-0.39, 0.29) is 18.7 Å². The molecule has 2 unspecified atom stereocenters. The highest BCUT2D eigenvalue weighted by Gasteiger charge is 2.26. The van der Waals surface area contributed by atoms with Gasteiger partial charge in [0, 0.05) is 13.1 Å². The summed E-state index contributed by atoms with van der Waals surface area (Å²) in [4.78, 5) is 16.6. The average molecular weight is 615 g/mol. The molecule has 0 fully saturated rings. The van der Waals surface area contributed by atoms with Crippen LogP contribution in [0.4, 0.5) is 14.9 Å². The minimum absolute atomic E-state index is 0.0988. The summed E-state index contributed by atoms with van der Waals surface area (Å²) in [6.45, 7) is 19.8. The lowest BCUT2D eigenvalue weighted by Crippen LogP contribution is -2.45. The molecule has 0 aromatic heterocycles. The first-order valence-corrected chi connectivity index (χ1v) is 15.2. The van der Waals surface area contributed by atoms with Crippen molar-refractivity contribution in [3.05, 3.63) is 115 Å². The number of aliphatic hydroxyl groups is 3. The van der Waals surface area contributed by atoms with Crippen molar-refractivity contribution in [1.82, 2.24) is 4.90 Å². The van der Waals surface area contributed by atoms with Crippen molar-refractivity contribution < 1.29 is 24.5 Å². The smallest absolute Gasteiger partial charge is 0.328 e. The lowest BCUT2D eigenvalue weighted by Gasteiger charge is -2.33. The molecule has 0 saturated heterocycles. The van der Waals surface area contributed by atoms with Crippen LogP contribution in [0.3, 0.4) is 0 Å². The molecule has 1 aromatic carbocycles. The standard InChI is InChI=1S/C25H36N2O3.C7H12O.C3H5F.C2H6/c1-7-11-20(4)24(29)17-15-21(5)26(6)25(30)27(22-12-9-8-10-13-22)23(18-28)16-14-19(2)3;1-2-3-4-5-6-7-8;1-2-3-4;1-2/h7-14,16,21,24,28-29H,1,15,17-18H2,2-6H3;2-3,6-8H,4-5H2,1H3;2H,1,3H2;1-2H3/b20-11+,23-16+;3-2-,7-6+;;. The van der Waals surface area contributed by atoms with Crippen LogP contribution in [0.15, 0.2) is 115 Å². The number of anilines is 1. The van der Waals surface area contributed by atoms with Crippen LogP contribution in [-0.2, 0) is 0 Å². The molecular weight excluding hydrogens is 555 g/mol. The van der Waals surface area contributed by atoms with Crippen LogP contribution >= 0.6 is 0 Å². The molecule has 44 heavy (non-hydrogen) atoms. The monoisotopic (exact) mass is 614 g/mol. The second kappa shape index (κ2) is 30.8. The quantitative estimate of drug-likeness (QED) is 0.0843. The summed E-state index contributed by atoms with van der Waals surface area (Å²) in [6, 6.07) is 8.96. The number of carbonyl (C=O) groups excluding carboxylic acids is 1. The van der Waals surface area contributed by atoms with Crippen molar-refractivity contribution in [2.45, 2.75) is 86.3 Å². The molecule has 2 amide bonds. The fourth-order valence-corrected chi connectivity index (χ4v) is 3.33. The topological polar surface area (TPSA) is 84.2 Å². The molecule has 0 saturated carbocycles. The summed E-state index contributed by atoms with van der Waals surface area (Å²) in [5.41, 5.74) is 3.11. The van der Waals surface area contributed by atoms with Crippen LogP contribution < -0.4 is 4.90 Å². The summed E-state index contributed by atoms with van der Waals surface area (Å²) < 4.78 is 10.6. The summed E-state index contributed by atoms with van der Waals surface area (Å²) in [5.74, 6) is 0. The first-order chi connectivity index (χ1) is 21.1. The number of aliphatic hydroxyl groups excluding tert-OH is 3. The van der Waals surface area contributed by atoms with Gasteiger partial charge in [0.1, 0.15) is 6.67 Å². The number of nitrogens with zero attached hydrogens (tertiary/aromatic N) is 2. The SMILES string of the molecule is C/C=C\CC/C=C/O.C=C/C=C(\C)C(O)CCC(C)N(C)C(=O)N(/C(=C/C=C(C)C)CO)c1ccccc1.C=CCF.CC. The average Bonchev–Trinajstić information content (AvgIpc) is 3.04. The number of urea groups is 1. The Hall–Kier alpha value is -3.68. The van der Waals surface area contributed by atoms with Crippen LogP contribution in [0.5, 0.6) is 0 Å². The van der Waals surface area contributed by atoms with Gasteiger partial charge in [0.2, 0.25) is 0 Å². The van der Waals surface area contributed by atoms with Crippen LogP contribution in [0, 0.1) is 0 Å². The third-order valence-corrected chi connectivity index (χ3v) is 5.94. The van der Waals surface area contributed by atoms with Crippen LogP contribution in [-0.4, -0.2) is 58.7 Å². The summed E-state index contributed by atoms with van der Waals surface area (Å²) in [7, 11) is 1.75. The zero-order valence-corrected chi connectivity index (χ0v) is 28.4. The van der Waals surface area contributed by atoms with E-state index < -0.39 is 12.8 Å². The molecule has 3 N–H and O–H groups in total. The Morgan fingerprint density at radius 2 is 1.57 bits per heavy atom. The minimum atomic E-state index is -0.565. The van der Waals surface area contributed by atoms with Gasteiger partial charge in [0.15, 0.2) is 0 Å². The number of carbonyl (C=O) groups is 1. The van der Waals surface area contributed by atoms with E-state index in [0.717, 1.165) is 30.2 Å². The van der Waals surface area contributed by atoms with Gasteiger partial charge in [-0.05, 0) is 90.2 Å². The lowest BCUT2D eigenvalue weighted by molar-refractivity contribution is 0.170. The Balaban J connectivity index is -0.000000999. The minimum Gasteiger partial charge on any atom is -0.516 e. The molecule has 6 nitrogen and oxygen atoms in total. The molecule has 7 heteroatoms. The van der Waals surface area contributed by atoms with E-state index in [9.17, 15) is 19.4 Å². The fourth-order valence-electron chi connectivity index (χ4n) is 3.33. The Kier molecular flexibility index (Phi) is 31.3. The Morgan fingerprint density at radius 3 is 2.02 bits per heavy atom. The Labute approximate surface area is 267 Å². The highest BCUT2D eigenvalue weighted by molar-refractivity contribution is 5.95. The first-order valence-electron chi connectivity index (χ1n) is 15.2. The number of alkyl halides is 1. The van der Waals surface area contributed by atoms with Gasteiger partial charge in [0.25, 0.3) is 0 Å². The van der Waals surface area contributed by atoms with Gasteiger partial charge in [0.05, 0.1) is 30.4 Å². The number of hydrogen-bond acceptors (Lipinski definition) is 4. The van der Waals surface area contributed by atoms with E-state index in [1.807, 2.05) is 91.0 Å². The molecule has 0 aliphatic rings. The number of rotatable bonds is 14. The lowest BCUT2D eigenvalue weighted by atomic mass is 10.0. The molecular formula is C37H59FN2O4. The third kappa shape index (κ3) is 21.9. The Morgan fingerprint density at radius 1 is 1.00 bits per heavy atom. The molecule has 0 radical (unpaired) electrons. The van der Waals surface area contributed by atoms with E-state index in [0.29, 0.717) is 24.2 Å². The molecule has 1 aromatic rings. The fraction of sp³-hybridized carbons (Fsp3) is 0.432. The van der Waals surface area contributed by atoms with E-state index in [1.165, 1.54) is 11.0 Å². The summed E-state index contributed by atoms with van der Waals surface area (Å²) in [5, 5.41) is 28.4. The molecule has 0 spiro atoms. The van der Waals surface area contributed by atoms with Gasteiger partial charge in [-0.1, -0.05) is 80.7 Å². The Bertz CT molecular complexity index is 1010. The van der Waals surface area contributed by atoms with Gasteiger partial charge in [-0.15, -0.1) is 6.58 Å². The maximum Gasteiger partial charge on any atom is 0.328 e. The first kappa shape index (κ1) is 44.8. The third-order valence-electron chi connectivity index (χ3n) is 5.94. The normalized spacial score (nSPS) is 12.3. The largest absolute Gasteiger partial charge is 0.516 e. The predicted octanol–water partition coefficient (Wildman–Crippen LogP) is 9.63. The molecule has 1 rings (SSSR count). The summed E-state index contributed by atoms with van der Waals surface area (Å²) in [6.07, 6.45) is 17.8. The van der Waals surface area contributed by atoms with Crippen LogP contribution in [0.1, 0.15) is 74.1 Å². The molecule has 0 aliphatic carbocycles. The predicted molar refractivity (Wildman–Crippen MR) is 189 cm³/mol. The van der Waals surface area contributed by atoms with E-state index >= 15 is 0 Å². The number of para-hydroxylation sites is 1. The second-order valence-electron chi connectivity index (χ2n) is 9.69. The molecule has 0 aliphatic heterocycles. The van der Waals surface area contributed by atoms with Crippen molar-refractivity contribution in [2.75, 3.05) is 25.2 Å².